The van der Waals surface area contributed by atoms with Gasteiger partial charge in [-0.1, -0.05) is 50.2 Å². The molecule has 2 aromatic heterocycles. The Morgan fingerprint density at radius 1 is 1.18 bits per heavy atom. The smallest absolute Gasteiger partial charge is 0.393 e. The van der Waals surface area contributed by atoms with E-state index in [9.17, 15) is 18.0 Å². The molecule has 0 saturated heterocycles. The number of nitrogens with zero attached hydrogens (tertiary/aromatic N) is 4. The lowest BCUT2D eigenvalue weighted by atomic mass is 9.90. The van der Waals surface area contributed by atoms with Crippen molar-refractivity contribution in [2.24, 2.45) is 5.41 Å². The van der Waals surface area contributed by atoms with Crippen LogP contribution in [0.5, 0.6) is 0 Å². The maximum Gasteiger partial charge on any atom is 0.408 e. The molecule has 2 heterocycles. The Kier molecular flexibility index (Phi) is 6.63. The largest absolute Gasteiger partial charge is 0.408 e. The Morgan fingerprint density at radius 3 is 2.42 bits per heavy atom. The van der Waals surface area contributed by atoms with Gasteiger partial charge in [-0.15, -0.1) is 0 Å². The highest BCUT2D eigenvalue weighted by molar-refractivity contribution is 5.84. The fourth-order valence-electron chi connectivity index (χ4n) is 3.39. The van der Waals surface area contributed by atoms with Gasteiger partial charge < -0.3 is 10.3 Å². The second kappa shape index (κ2) is 9.10. The van der Waals surface area contributed by atoms with Crippen molar-refractivity contribution >= 4 is 17.3 Å². The summed E-state index contributed by atoms with van der Waals surface area (Å²) in [6.07, 6.45) is -3.52. The van der Waals surface area contributed by atoms with E-state index in [1.165, 1.54) is 0 Å². The summed E-state index contributed by atoms with van der Waals surface area (Å²) in [5.41, 5.74) is 7.63. The van der Waals surface area contributed by atoms with Crippen LogP contribution < -0.4 is 5.73 Å². The third-order valence-electron chi connectivity index (χ3n) is 4.73. The first-order chi connectivity index (χ1) is 15.3. The molecule has 1 aromatic carbocycles. The van der Waals surface area contributed by atoms with Crippen molar-refractivity contribution < 1.29 is 22.5 Å². The fraction of sp³-hybridized carbons (Fsp3) is 0.391. The van der Waals surface area contributed by atoms with Crippen LogP contribution in [0.2, 0.25) is 0 Å². The number of rotatable bonds is 7. The fourth-order valence-corrected chi connectivity index (χ4v) is 3.39. The second-order valence-corrected chi connectivity index (χ2v) is 9.08. The van der Waals surface area contributed by atoms with Crippen LogP contribution >= 0.6 is 0 Å². The minimum atomic E-state index is -4.52. The van der Waals surface area contributed by atoms with Crippen LogP contribution in [0.4, 0.5) is 24.7 Å². The Hall–Kier alpha value is -3.61. The maximum atomic E-state index is 12.7. The maximum absolute atomic E-state index is 12.7. The molecular formula is C23H24F3N5O2. The minimum absolute atomic E-state index is 0.0558. The highest BCUT2D eigenvalue weighted by Gasteiger charge is 2.31. The van der Waals surface area contributed by atoms with Crippen molar-refractivity contribution in [2.45, 2.75) is 52.8 Å². The average Bonchev–Trinajstić information content (AvgIpc) is 3.23. The van der Waals surface area contributed by atoms with E-state index in [0.717, 1.165) is 12.1 Å². The number of nitrogens with two attached hydrogens (primary N) is 1. The SMILES string of the molecule is [C-]#[N+]c1c(-c2ccc(CC(=O)Cc3cc(CC(C)(C)C)no3)cc2)nn(CC(F)(F)F)c1N. The molecule has 0 saturated carbocycles. The quantitative estimate of drug-likeness (QED) is 0.492. The van der Waals surface area contributed by atoms with Crippen molar-refractivity contribution in [3.8, 4) is 11.3 Å². The van der Waals surface area contributed by atoms with Crippen molar-refractivity contribution in [1.29, 1.82) is 0 Å². The number of ketones is 1. The lowest BCUT2D eigenvalue weighted by Crippen LogP contribution is -2.19. The summed E-state index contributed by atoms with van der Waals surface area (Å²) in [5, 5.41) is 7.90. The van der Waals surface area contributed by atoms with Crippen LogP contribution in [0, 0.1) is 12.0 Å². The summed E-state index contributed by atoms with van der Waals surface area (Å²) in [4.78, 5) is 15.7. The summed E-state index contributed by atoms with van der Waals surface area (Å²) in [7, 11) is 0. The topological polar surface area (TPSA) is 91.3 Å². The van der Waals surface area contributed by atoms with Crippen molar-refractivity contribution in [1.82, 2.24) is 14.9 Å². The lowest BCUT2D eigenvalue weighted by Gasteiger charge is -2.14. The Labute approximate surface area is 189 Å². The molecule has 0 aliphatic carbocycles. The normalized spacial score (nSPS) is 12.0. The highest BCUT2D eigenvalue weighted by atomic mass is 19.4. The number of Topliss-reactive ketones (excluding diaryl/α,β-unsaturated/α-hetero) is 1. The van der Waals surface area contributed by atoms with Crippen molar-refractivity contribution in [3.63, 3.8) is 0 Å². The van der Waals surface area contributed by atoms with Crippen LogP contribution in [-0.4, -0.2) is 26.9 Å². The molecule has 3 rings (SSSR count). The van der Waals surface area contributed by atoms with Gasteiger partial charge in [-0.05, 0) is 23.0 Å². The molecule has 7 nitrogen and oxygen atoms in total. The molecular weight excluding hydrogens is 435 g/mol. The van der Waals surface area contributed by atoms with Gasteiger partial charge in [0.25, 0.3) is 5.69 Å². The molecule has 3 aromatic rings. The van der Waals surface area contributed by atoms with Crippen LogP contribution in [0.15, 0.2) is 34.9 Å². The van der Waals surface area contributed by atoms with Gasteiger partial charge in [0.15, 0.2) is 0 Å². The number of carbonyl (C=O) groups is 1. The number of hydrogen-bond acceptors (Lipinski definition) is 5. The van der Waals surface area contributed by atoms with Crippen molar-refractivity contribution in [2.75, 3.05) is 5.73 Å². The van der Waals surface area contributed by atoms with Crippen LogP contribution in [-0.2, 0) is 30.6 Å². The number of benzene rings is 1. The number of halogens is 3. The zero-order valence-electron chi connectivity index (χ0n) is 18.5. The van der Waals surface area contributed by atoms with Gasteiger partial charge in [0.2, 0.25) is 0 Å². The Morgan fingerprint density at radius 2 is 1.85 bits per heavy atom. The highest BCUT2D eigenvalue weighted by Crippen LogP contribution is 2.36. The van der Waals surface area contributed by atoms with E-state index in [1.54, 1.807) is 30.3 Å². The van der Waals surface area contributed by atoms with Crippen LogP contribution in [0.25, 0.3) is 16.1 Å². The van der Waals surface area contributed by atoms with E-state index >= 15 is 0 Å². The van der Waals surface area contributed by atoms with E-state index in [1.807, 2.05) is 0 Å². The summed E-state index contributed by atoms with van der Waals surface area (Å²) in [5.74, 6) is 0.0967. The molecule has 0 bridgehead atoms. The molecule has 174 valence electrons. The molecule has 2 N–H and O–H groups in total. The van der Waals surface area contributed by atoms with Crippen LogP contribution in [0.1, 0.15) is 37.8 Å². The number of anilines is 1. The molecule has 0 aliphatic heterocycles. The number of alkyl halides is 3. The number of hydrogen-bond donors (Lipinski definition) is 1. The molecule has 33 heavy (non-hydrogen) atoms. The van der Waals surface area contributed by atoms with Gasteiger partial charge in [0.05, 0.1) is 18.7 Å². The van der Waals surface area contributed by atoms with Gasteiger partial charge in [-0.25, -0.2) is 4.85 Å². The van der Waals surface area contributed by atoms with Gasteiger partial charge in [0, 0.05) is 12.5 Å². The van der Waals surface area contributed by atoms with E-state index in [-0.39, 0.29) is 41.2 Å². The summed E-state index contributed by atoms with van der Waals surface area (Å²) < 4.78 is 44.1. The monoisotopic (exact) mass is 459 g/mol. The van der Waals surface area contributed by atoms with Gasteiger partial charge in [0.1, 0.15) is 29.6 Å². The third kappa shape index (κ3) is 6.44. The predicted molar refractivity (Wildman–Crippen MR) is 116 cm³/mol. The lowest BCUT2D eigenvalue weighted by molar-refractivity contribution is -0.142. The predicted octanol–water partition coefficient (Wildman–Crippen LogP) is 5.18. The molecule has 0 unspecified atom stereocenters. The van der Waals surface area contributed by atoms with Gasteiger partial charge in [-0.3, -0.25) is 9.48 Å². The Balaban J connectivity index is 1.69. The summed E-state index contributed by atoms with van der Waals surface area (Å²) in [6.45, 7) is 12.1. The Bertz CT molecular complexity index is 1180. The molecule has 10 heteroatoms. The van der Waals surface area contributed by atoms with E-state index in [4.69, 9.17) is 16.8 Å². The minimum Gasteiger partial charge on any atom is -0.393 e. The zero-order chi connectivity index (χ0) is 24.4. The van der Waals surface area contributed by atoms with Crippen LogP contribution in [0.3, 0.4) is 0 Å². The number of carbonyl (C=O) groups excluding carboxylic acids is 1. The molecule has 0 spiro atoms. The van der Waals surface area contributed by atoms with Gasteiger partial charge in [-0.2, -0.15) is 18.3 Å². The van der Waals surface area contributed by atoms with E-state index in [0.29, 0.717) is 21.6 Å². The number of nitrogen functional groups attached to an aromatic ring is 1. The van der Waals surface area contributed by atoms with Gasteiger partial charge >= 0.3 is 6.18 Å². The van der Waals surface area contributed by atoms with E-state index in [2.05, 4.69) is 35.9 Å². The summed E-state index contributed by atoms with van der Waals surface area (Å²) >= 11 is 0. The van der Waals surface area contributed by atoms with E-state index < -0.39 is 12.7 Å². The average molecular weight is 459 g/mol. The molecule has 0 radical (unpaired) electrons. The first-order valence-electron chi connectivity index (χ1n) is 10.2. The third-order valence-corrected chi connectivity index (χ3v) is 4.73. The molecule has 0 atom stereocenters. The summed E-state index contributed by atoms with van der Waals surface area (Å²) in [6, 6.07) is 8.34. The molecule has 0 amide bonds. The zero-order valence-corrected chi connectivity index (χ0v) is 18.5. The molecule has 0 fully saturated rings. The first kappa shape index (κ1) is 24.0. The standard InChI is InChI=1S/C23H24F3N5O2/c1-22(2,3)12-16-10-18(33-30-16)11-17(32)9-14-5-7-15(8-6-14)19-20(28-4)21(27)31(29-19)13-23(24,25)26/h5-8,10H,9,11-13,27H2,1-3H3. The number of aromatic nitrogens is 3. The second-order valence-electron chi connectivity index (χ2n) is 9.08. The molecule has 0 aliphatic rings. The first-order valence-corrected chi connectivity index (χ1v) is 10.2. The van der Waals surface area contributed by atoms with Crippen molar-refractivity contribution in [3.05, 3.63) is 58.8 Å².